The maximum Gasteiger partial charge on any atom is 0.268 e. The Balaban J connectivity index is 1.18. The first-order valence-electron chi connectivity index (χ1n) is 13.2. The Morgan fingerprint density at radius 2 is 1.97 bits per heavy atom. The van der Waals surface area contributed by atoms with Crippen molar-refractivity contribution in [3.05, 3.63) is 36.3 Å². The smallest absolute Gasteiger partial charge is 0.268 e. The molecule has 1 amide bonds. The minimum atomic E-state index is -0.129. The van der Waals surface area contributed by atoms with Crippen LogP contribution in [0.5, 0.6) is 0 Å². The van der Waals surface area contributed by atoms with Gasteiger partial charge in [-0.15, -0.1) is 0 Å². The molecule has 2 fully saturated rings. The fourth-order valence-electron chi connectivity index (χ4n) is 5.11. The summed E-state index contributed by atoms with van der Waals surface area (Å²) in [5.41, 5.74) is 2.24. The zero-order chi connectivity index (χ0) is 24.9. The minimum absolute atomic E-state index is 0.129. The summed E-state index contributed by atoms with van der Waals surface area (Å²) in [4.78, 5) is 36.5. The molecule has 0 aromatic carbocycles. The van der Waals surface area contributed by atoms with Crippen LogP contribution >= 0.6 is 0 Å². The molecule has 5 heterocycles. The van der Waals surface area contributed by atoms with Crippen LogP contribution in [0.2, 0.25) is 0 Å². The van der Waals surface area contributed by atoms with Crippen molar-refractivity contribution in [1.29, 1.82) is 0 Å². The highest BCUT2D eigenvalue weighted by Crippen LogP contribution is 2.22. The first-order valence-corrected chi connectivity index (χ1v) is 13.2. The fraction of sp³-hybridized carbons (Fsp3) is 0.538. The molecule has 10 nitrogen and oxygen atoms in total. The molecular formula is C26H37N9O. The van der Waals surface area contributed by atoms with E-state index in [1.54, 1.807) is 12.3 Å². The third-order valence-electron chi connectivity index (χ3n) is 7.16. The van der Waals surface area contributed by atoms with Gasteiger partial charge in [0.2, 0.25) is 5.95 Å². The Labute approximate surface area is 212 Å². The van der Waals surface area contributed by atoms with Crippen molar-refractivity contribution in [2.24, 2.45) is 0 Å². The van der Waals surface area contributed by atoms with Gasteiger partial charge in [-0.05, 0) is 64.0 Å². The number of fused-ring (bicyclic) bond motifs is 1. The first-order chi connectivity index (χ1) is 17.6. The van der Waals surface area contributed by atoms with Gasteiger partial charge < -0.3 is 20.5 Å². The van der Waals surface area contributed by atoms with Crippen molar-refractivity contribution in [3.8, 4) is 0 Å². The summed E-state index contributed by atoms with van der Waals surface area (Å²) in [6.45, 7) is 11.4. The van der Waals surface area contributed by atoms with E-state index in [-0.39, 0.29) is 5.91 Å². The molecule has 0 bridgehead atoms. The lowest BCUT2D eigenvalue weighted by Crippen LogP contribution is -2.52. The number of hydrogen-bond acceptors (Lipinski definition) is 8. The molecule has 36 heavy (non-hydrogen) atoms. The molecule has 0 unspecified atom stereocenters. The van der Waals surface area contributed by atoms with Crippen LogP contribution in [0.25, 0.3) is 11.0 Å². The third kappa shape index (κ3) is 5.76. The maximum atomic E-state index is 12.6. The summed E-state index contributed by atoms with van der Waals surface area (Å²) in [6, 6.07) is 6.38. The van der Waals surface area contributed by atoms with Crippen molar-refractivity contribution >= 4 is 34.4 Å². The number of carbonyl (C=O) groups excluding carboxylic acids is 1. The second-order valence-corrected chi connectivity index (χ2v) is 9.88. The molecule has 3 aromatic rings. The highest BCUT2D eigenvalue weighted by atomic mass is 16.2. The van der Waals surface area contributed by atoms with Gasteiger partial charge in [-0.25, -0.2) is 9.97 Å². The van der Waals surface area contributed by atoms with Crippen LogP contribution in [0.4, 0.5) is 17.5 Å². The summed E-state index contributed by atoms with van der Waals surface area (Å²) >= 11 is 0. The summed E-state index contributed by atoms with van der Waals surface area (Å²) in [5.74, 6) is 0.990. The Hall–Kier alpha value is -3.24. The number of piperidine rings is 1. The molecule has 192 valence electrons. The van der Waals surface area contributed by atoms with Crippen LogP contribution < -0.4 is 15.5 Å². The van der Waals surface area contributed by atoms with Gasteiger partial charge >= 0.3 is 0 Å². The number of aromatic nitrogens is 4. The monoisotopic (exact) mass is 491 g/mol. The SMILES string of the molecule is CCCN1CCN(c2ccc(Nc3ncc4cc(C(=O)NCN5CCCCC5)[nH]c4n3)nc2)C[C@H]1C. The first kappa shape index (κ1) is 24.5. The highest BCUT2D eigenvalue weighted by molar-refractivity contribution is 5.97. The van der Waals surface area contributed by atoms with Crippen LogP contribution in [-0.2, 0) is 0 Å². The Kier molecular flexibility index (Phi) is 7.62. The molecule has 2 saturated heterocycles. The summed E-state index contributed by atoms with van der Waals surface area (Å²) in [5, 5.41) is 6.98. The van der Waals surface area contributed by atoms with Crippen LogP contribution in [-0.4, -0.2) is 87.6 Å². The molecule has 2 aliphatic rings. The normalized spacial score (nSPS) is 19.5. The zero-order valence-electron chi connectivity index (χ0n) is 21.3. The standard InChI is InChI=1S/C26H37N9O/c1-3-9-34-12-13-35(17-19(34)2)21-7-8-23(27-16-21)31-26-28-15-20-14-22(30-24(20)32-26)25(36)29-18-33-10-5-4-6-11-33/h7-8,14-16,19H,3-6,9-13,17-18H2,1-2H3,(H,29,36)(H2,27,28,30,31,32)/t19-/m1/s1. The average molecular weight is 492 g/mol. The molecule has 0 spiro atoms. The van der Waals surface area contributed by atoms with Gasteiger partial charge in [0.05, 0.1) is 18.6 Å². The lowest BCUT2D eigenvalue weighted by Gasteiger charge is -2.40. The van der Waals surface area contributed by atoms with Gasteiger partial charge in [0.1, 0.15) is 17.2 Å². The number of piperazine rings is 1. The number of rotatable bonds is 8. The third-order valence-corrected chi connectivity index (χ3v) is 7.16. The van der Waals surface area contributed by atoms with E-state index in [2.05, 4.69) is 65.2 Å². The summed E-state index contributed by atoms with van der Waals surface area (Å²) < 4.78 is 0. The van der Waals surface area contributed by atoms with Gasteiger partial charge in [0, 0.05) is 37.3 Å². The largest absolute Gasteiger partial charge is 0.367 e. The van der Waals surface area contributed by atoms with Crippen LogP contribution in [0.3, 0.4) is 0 Å². The summed E-state index contributed by atoms with van der Waals surface area (Å²) in [7, 11) is 0. The zero-order valence-corrected chi connectivity index (χ0v) is 21.3. The predicted molar refractivity (Wildman–Crippen MR) is 143 cm³/mol. The van der Waals surface area contributed by atoms with Gasteiger partial charge in [0.15, 0.2) is 0 Å². The van der Waals surface area contributed by atoms with Gasteiger partial charge in [-0.2, -0.15) is 4.98 Å². The second-order valence-electron chi connectivity index (χ2n) is 9.88. The molecule has 1 atom stereocenters. The molecular weight excluding hydrogens is 454 g/mol. The van der Waals surface area contributed by atoms with Crippen LogP contribution in [0.1, 0.15) is 50.0 Å². The molecule has 3 N–H and O–H groups in total. The quantitative estimate of drug-likeness (QED) is 0.441. The molecule has 10 heteroatoms. The maximum absolute atomic E-state index is 12.6. The number of amides is 1. The van der Waals surface area contributed by atoms with Crippen molar-refractivity contribution in [2.75, 3.05) is 56.2 Å². The lowest BCUT2D eigenvalue weighted by atomic mass is 10.1. The number of nitrogens with zero attached hydrogens (tertiary/aromatic N) is 6. The molecule has 0 aliphatic carbocycles. The number of aromatic amines is 1. The number of hydrogen-bond donors (Lipinski definition) is 3. The molecule has 0 radical (unpaired) electrons. The van der Waals surface area contributed by atoms with E-state index in [0.29, 0.717) is 35.8 Å². The second kappa shape index (κ2) is 11.2. The lowest BCUT2D eigenvalue weighted by molar-refractivity contribution is 0.0910. The average Bonchev–Trinajstić information content (AvgIpc) is 3.33. The van der Waals surface area contributed by atoms with E-state index in [1.807, 2.05) is 12.3 Å². The summed E-state index contributed by atoms with van der Waals surface area (Å²) in [6.07, 6.45) is 8.48. The number of carbonyl (C=O) groups is 1. The topological polar surface area (TPSA) is 105 Å². The molecule has 3 aromatic heterocycles. The number of nitrogens with one attached hydrogen (secondary N) is 3. The Morgan fingerprint density at radius 3 is 2.72 bits per heavy atom. The van der Waals surface area contributed by atoms with E-state index in [4.69, 9.17) is 0 Å². The molecule has 5 rings (SSSR count). The van der Waals surface area contributed by atoms with Crippen molar-refractivity contribution < 1.29 is 4.79 Å². The van der Waals surface area contributed by atoms with E-state index < -0.39 is 0 Å². The van der Waals surface area contributed by atoms with Gasteiger partial charge in [-0.3, -0.25) is 14.6 Å². The van der Waals surface area contributed by atoms with Crippen LogP contribution in [0, 0.1) is 0 Å². The fourth-order valence-corrected chi connectivity index (χ4v) is 5.11. The van der Waals surface area contributed by atoms with E-state index in [9.17, 15) is 4.79 Å². The number of H-pyrrole nitrogens is 1. The van der Waals surface area contributed by atoms with Crippen molar-refractivity contribution in [1.82, 2.24) is 35.1 Å². The number of likely N-dealkylation sites (tertiary alicyclic amines) is 1. The Morgan fingerprint density at radius 1 is 1.11 bits per heavy atom. The molecule has 2 aliphatic heterocycles. The highest BCUT2D eigenvalue weighted by Gasteiger charge is 2.23. The van der Waals surface area contributed by atoms with E-state index in [1.165, 1.54) is 25.7 Å². The molecule has 0 saturated carbocycles. The van der Waals surface area contributed by atoms with Crippen molar-refractivity contribution in [3.63, 3.8) is 0 Å². The van der Waals surface area contributed by atoms with Crippen molar-refractivity contribution in [2.45, 2.75) is 45.6 Å². The Bertz CT molecular complexity index is 1160. The van der Waals surface area contributed by atoms with E-state index >= 15 is 0 Å². The van der Waals surface area contributed by atoms with Crippen LogP contribution in [0.15, 0.2) is 30.6 Å². The predicted octanol–water partition coefficient (Wildman–Crippen LogP) is 3.19. The van der Waals surface area contributed by atoms with Gasteiger partial charge in [-0.1, -0.05) is 13.3 Å². The number of anilines is 3. The van der Waals surface area contributed by atoms with E-state index in [0.717, 1.165) is 50.3 Å². The minimum Gasteiger partial charge on any atom is -0.367 e. The van der Waals surface area contributed by atoms with Gasteiger partial charge in [0.25, 0.3) is 5.91 Å². The number of pyridine rings is 1.